The monoisotopic (exact) mass is 361 g/mol. The van der Waals surface area contributed by atoms with Gasteiger partial charge in [-0.05, 0) is 46.0 Å². The third-order valence-corrected chi connectivity index (χ3v) is 5.21. The third-order valence-electron chi connectivity index (χ3n) is 3.71. The average Bonchev–Trinajstić information content (AvgIpc) is 3.01. The number of aliphatic hydroxyl groups excluding tert-OH is 1. The van der Waals surface area contributed by atoms with Crippen LogP contribution in [0.5, 0.6) is 0 Å². The molecule has 0 saturated carbocycles. The second-order valence-electron chi connectivity index (χ2n) is 5.05. The second-order valence-corrected chi connectivity index (χ2v) is 6.95. The van der Waals surface area contributed by atoms with Crippen LogP contribution in [0.15, 0.2) is 58.4 Å². The first-order chi connectivity index (χ1) is 10.2. The van der Waals surface area contributed by atoms with Gasteiger partial charge in [-0.2, -0.15) is 0 Å². The molecule has 0 aliphatic carbocycles. The van der Waals surface area contributed by atoms with E-state index in [1.54, 1.807) is 11.3 Å². The molecule has 2 aromatic carbocycles. The van der Waals surface area contributed by atoms with Gasteiger partial charge in [0.1, 0.15) is 0 Å². The SMILES string of the molecule is NCC(c1cccs1)C(O)c1ccc2cc(Br)ccc2c1. The number of rotatable bonds is 4. The van der Waals surface area contributed by atoms with Gasteiger partial charge in [-0.3, -0.25) is 0 Å². The molecule has 0 spiro atoms. The summed E-state index contributed by atoms with van der Waals surface area (Å²) in [5.74, 6) is -0.0575. The highest BCUT2D eigenvalue weighted by atomic mass is 79.9. The Bertz CT molecular complexity index is 742. The van der Waals surface area contributed by atoms with Crippen LogP contribution in [0.4, 0.5) is 0 Å². The normalized spacial score (nSPS) is 14.2. The number of fused-ring (bicyclic) bond motifs is 1. The van der Waals surface area contributed by atoms with Crippen molar-refractivity contribution in [1.29, 1.82) is 0 Å². The lowest BCUT2D eigenvalue weighted by Gasteiger charge is -2.21. The molecule has 1 heterocycles. The Hall–Kier alpha value is -1.20. The molecule has 2 nitrogen and oxygen atoms in total. The van der Waals surface area contributed by atoms with Crippen LogP contribution >= 0.6 is 27.3 Å². The smallest absolute Gasteiger partial charge is 0.0878 e. The summed E-state index contributed by atoms with van der Waals surface area (Å²) in [5.41, 5.74) is 6.79. The molecular weight excluding hydrogens is 346 g/mol. The molecule has 2 atom stereocenters. The number of halogens is 1. The number of benzene rings is 2. The van der Waals surface area contributed by atoms with Crippen molar-refractivity contribution >= 4 is 38.0 Å². The Balaban J connectivity index is 1.97. The zero-order valence-corrected chi connectivity index (χ0v) is 13.8. The Kier molecular flexibility index (Phi) is 4.40. The highest BCUT2D eigenvalue weighted by Gasteiger charge is 2.22. The molecule has 2 unspecified atom stereocenters. The van der Waals surface area contributed by atoms with Gasteiger partial charge in [-0.15, -0.1) is 11.3 Å². The Morgan fingerprint density at radius 1 is 1.10 bits per heavy atom. The molecule has 0 amide bonds. The van der Waals surface area contributed by atoms with Crippen LogP contribution in [0.25, 0.3) is 10.8 Å². The number of hydrogen-bond donors (Lipinski definition) is 2. The fraction of sp³-hybridized carbons (Fsp3) is 0.176. The minimum atomic E-state index is -0.582. The van der Waals surface area contributed by atoms with Gasteiger partial charge in [0.15, 0.2) is 0 Å². The summed E-state index contributed by atoms with van der Waals surface area (Å²) >= 11 is 5.11. The van der Waals surface area contributed by atoms with Crippen molar-refractivity contribution in [1.82, 2.24) is 0 Å². The van der Waals surface area contributed by atoms with Crippen LogP contribution in [-0.2, 0) is 0 Å². The Morgan fingerprint density at radius 2 is 1.86 bits per heavy atom. The maximum atomic E-state index is 10.7. The molecular formula is C17H16BrNOS. The molecule has 4 heteroatoms. The van der Waals surface area contributed by atoms with E-state index in [1.165, 1.54) is 0 Å². The van der Waals surface area contributed by atoms with Crippen LogP contribution in [-0.4, -0.2) is 11.7 Å². The van der Waals surface area contributed by atoms with E-state index in [0.717, 1.165) is 25.7 Å². The van der Waals surface area contributed by atoms with Crippen molar-refractivity contribution < 1.29 is 5.11 Å². The summed E-state index contributed by atoms with van der Waals surface area (Å²) in [6.07, 6.45) is -0.582. The third kappa shape index (κ3) is 3.04. The number of thiophene rings is 1. The van der Waals surface area contributed by atoms with E-state index in [4.69, 9.17) is 5.73 Å². The predicted octanol–water partition coefficient (Wildman–Crippen LogP) is 4.44. The van der Waals surface area contributed by atoms with E-state index in [0.29, 0.717) is 6.54 Å². The van der Waals surface area contributed by atoms with E-state index < -0.39 is 6.10 Å². The van der Waals surface area contributed by atoms with Crippen LogP contribution in [0.2, 0.25) is 0 Å². The van der Waals surface area contributed by atoms with Crippen LogP contribution in [0, 0.1) is 0 Å². The lowest BCUT2D eigenvalue weighted by Crippen LogP contribution is -2.19. The summed E-state index contributed by atoms with van der Waals surface area (Å²) in [4.78, 5) is 1.13. The first-order valence-electron chi connectivity index (χ1n) is 6.80. The van der Waals surface area contributed by atoms with Gasteiger partial charge >= 0.3 is 0 Å². The highest BCUT2D eigenvalue weighted by Crippen LogP contribution is 2.34. The van der Waals surface area contributed by atoms with Gasteiger partial charge < -0.3 is 10.8 Å². The number of hydrogen-bond acceptors (Lipinski definition) is 3. The molecule has 108 valence electrons. The first-order valence-corrected chi connectivity index (χ1v) is 8.47. The fourth-order valence-corrected chi connectivity index (χ4v) is 3.80. The van der Waals surface area contributed by atoms with Gasteiger partial charge in [0.2, 0.25) is 0 Å². The van der Waals surface area contributed by atoms with Gasteiger partial charge in [0, 0.05) is 21.8 Å². The maximum Gasteiger partial charge on any atom is 0.0878 e. The summed E-state index contributed by atoms with van der Waals surface area (Å²) in [5, 5.41) is 15.0. The molecule has 0 fully saturated rings. The number of aliphatic hydroxyl groups is 1. The van der Waals surface area contributed by atoms with Crippen molar-refractivity contribution in [3.63, 3.8) is 0 Å². The topological polar surface area (TPSA) is 46.2 Å². The van der Waals surface area contributed by atoms with Crippen molar-refractivity contribution in [2.45, 2.75) is 12.0 Å². The van der Waals surface area contributed by atoms with E-state index in [1.807, 2.05) is 41.8 Å². The van der Waals surface area contributed by atoms with Crippen LogP contribution < -0.4 is 5.73 Å². The maximum absolute atomic E-state index is 10.7. The number of nitrogens with two attached hydrogens (primary N) is 1. The van der Waals surface area contributed by atoms with Crippen molar-refractivity contribution in [2.24, 2.45) is 5.73 Å². The standard InChI is InChI=1S/C17H16BrNOS/c18-14-6-5-11-8-13(4-3-12(11)9-14)17(20)15(10-19)16-2-1-7-21-16/h1-9,15,17,20H,10,19H2. The van der Waals surface area contributed by atoms with Crippen molar-refractivity contribution in [2.75, 3.05) is 6.54 Å². The zero-order valence-electron chi connectivity index (χ0n) is 11.4. The van der Waals surface area contributed by atoms with E-state index >= 15 is 0 Å². The summed E-state index contributed by atoms with van der Waals surface area (Å²) in [6.45, 7) is 0.431. The van der Waals surface area contributed by atoms with Gasteiger partial charge in [-0.25, -0.2) is 0 Å². The van der Waals surface area contributed by atoms with E-state index in [9.17, 15) is 5.11 Å². The lowest BCUT2D eigenvalue weighted by molar-refractivity contribution is 0.149. The Morgan fingerprint density at radius 3 is 2.57 bits per heavy atom. The Labute approximate surface area is 136 Å². The van der Waals surface area contributed by atoms with Crippen LogP contribution in [0.3, 0.4) is 0 Å². The minimum absolute atomic E-state index is 0.0575. The molecule has 0 aliphatic rings. The van der Waals surface area contributed by atoms with Gasteiger partial charge in [0.25, 0.3) is 0 Å². The van der Waals surface area contributed by atoms with Gasteiger partial charge in [-0.1, -0.05) is 40.2 Å². The molecule has 3 aromatic rings. The second kappa shape index (κ2) is 6.28. The largest absolute Gasteiger partial charge is 0.388 e. The molecule has 21 heavy (non-hydrogen) atoms. The molecule has 0 radical (unpaired) electrons. The molecule has 3 N–H and O–H groups in total. The van der Waals surface area contributed by atoms with Crippen molar-refractivity contribution in [3.8, 4) is 0 Å². The quantitative estimate of drug-likeness (QED) is 0.721. The average molecular weight is 362 g/mol. The van der Waals surface area contributed by atoms with Crippen LogP contribution in [0.1, 0.15) is 22.5 Å². The predicted molar refractivity (Wildman–Crippen MR) is 92.7 cm³/mol. The summed E-state index contributed by atoms with van der Waals surface area (Å²) in [6, 6.07) is 16.2. The fourth-order valence-electron chi connectivity index (χ4n) is 2.55. The van der Waals surface area contributed by atoms with Crippen molar-refractivity contribution in [3.05, 3.63) is 68.8 Å². The van der Waals surface area contributed by atoms with E-state index in [2.05, 4.69) is 28.1 Å². The van der Waals surface area contributed by atoms with E-state index in [-0.39, 0.29) is 5.92 Å². The zero-order chi connectivity index (χ0) is 14.8. The molecule has 0 saturated heterocycles. The van der Waals surface area contributed by atoms with Gasteiger partial charge in [0.05, 0.1) is 6.10 Å². The highest BCUT2D eigenvalue weighted by molar-refractivity contribution is 9.10. The summed E-state index contributed by atoms with van der Waals surface area (Å²) < 4.78 is 1.06. The first kappa shape index (κ1) is 14.7. The molecule has 3 rings (SSSR count). The minimum Gasteiger partial charge on any atom is -0.388 e. The molecule has 1 aromatic heterocycles. The molecule has 0 bridgehead atoms. The summed E-state index contributed by atoms with van der Waals surface area (Å²) in [7, 11) is 0. The molecule has 0 aliphatic heterocycles. The lowest BCUT2D eigenvalue weighted by atomic mass is 9.93.